The molecule has 2 saturated carbocycles. The maximum atomic E-state index is 2.38. The SMILES string of the molecule is CCCC1CCCCC2CCCCC1CCC2. The lowest BCUT2D eigenvalue weighted by molar-refractivity contribution is 0.237. The maximum absolute atomic E-state index is 2.38. The van der Waals surface area contributed by atoms with Crippen molar-refractivity contribution in [2.45, 2.75) is 90.4 Å². The second-order valence-corrected chi connectivity index (χ2v) is 6.67. The Morgan fingerprint density at radius 2 is 1.29 bits per heavy atom. The molecule has 0 aromatic rings. The van der Waals surface area contributed by atoms with Crippen LogP contribution >= 0.6 is 0 Å². The van der Waals surface area contributed by atoms with Gasteiger partial charge >= 0.3 is 0 Å². The molecule has 2 aliphatic rings. The first kappa shape index (κ1) is 13.4. The molecule has 2 aliphatic carbocycles. The van der Waals surface area contributed by atoms with Gasteiger partial charge in [0.25, 0.3) is 0 Å². The van der Waals surface area contributed by atoms with Crippen molar-refractivity contribution in [2.75, 3.05) is 0 Å². The van der Waals surface area contributed by atoms with Crippen molar-refractivity contribution in [3.8, 4) is 0 Å². The number of fused-ring (bicyclic) bond motifs is 4. The highest BCUT2D eigenvalue weighted by Gasteiger charge is 2.23. The molecule has 0 aromatic heterocycles. The van der Waals surface area contributed by atoms with Crippen LogP contribution in [0.3, 0.4) is 0 Å². The van der Waals surface area contributed by atoms with Gasteiger partial charge in [-0.15, -0.1) is 0 Å². The molecule has 0 heterocycles. The van der Waals surface area contributed by atoms with Gasteiger partial charge < -0.3 is 0 Å². The fourth-order valence-corrected chi connectivity index (χ4v) is 4.38. The van der Waals surface area contributed by atoms with Crippen LogP contribution in [0.4, 0.5) is 0 Å². The smallest absolute Gasteiger partial charge is 0.0386 e. The molecule has 2 rings (SSSR count). The van der Waals surface area contributed by atoms with Crippen molar-refractivity contribution < 1.29 is 0 Å². The first-order valence-electron chi connectivity index (χ1n) is 8.40. The fraction of sp³-hybridized carbons (Fsp3) is 1.00. The first-order chi connectivity index (χ1) is 8.40. The van der Waals surface area contributed by atoms with Gasteiger partial charge in [-0.3, -0.25) is 0 Å². The van der Waals surface area contributed by atoms with Crippen LogP contribution in [-0.4, -0.2) is 0 Å². The highest BCUT2D eigenvalue weighted by atomic mass is 14.3. The second kappa shape index (κ2) is 7.44. The summed E-state index contributed by atoms with van der Waals surface area (Å²) >= 11 is 0. The second-order valence-electron chi connectivity index (χ2n) is 6.67. The Bertz CT molecular complexity index is 196. The predicted octanol–water partition coefficient (Wildman–Crippen LogP) is 5.95. The Labute approximate surface area is 109 Å². The topological polar surface area (TPSA) is 0 Å². The molecule has 0 aromatic carbocycles. The summed E-state index contributed by atoms with van der Waals surface area (Å²) in [4.78, 5) is 0. The minimum absolute atomic E-state index is 1.08. The third-order valence-electron chi connectivity index (χ3n) is 5.39. The van der Waals surface area contributed by atoms with E-state index in [1.165, 1.54) is 44.9 Å². The largest absolute Gasteiger partial charge is 0.0654 e. The zero-order chi connectivity index (χ0) is 11.9. The van der Waals surface area contributed by atoms with Crippen LogP contribution in [0.25, 0.3) is 0 Å². The number of hydrogen-bond donors (Lipinski definition) is 0. The van der Waals surface area contributed by atoms with E-state index in [-0.39, 0.29) is 0 Å². The summed E-state index contributed by atoms with van der Waals surface area (Å²) < 4.78 is 0. The molecule has 0 aliphatic heterocycles. The molecule has 3 unspecified atom stereocenters. The molecule has 0 radical (unpaired) electrons. The third-order valence-corrected chi connectivity index (χ3v) is 5.39. The van der Waals surface area contributed by atoms with Gasteiger partial charge in [0.2, 0.25) is 0 Å². The van der Waals surface area contributed by atoms with E-state index in [9.17, 15) is 0 Å². The summed E-state index contributed by atoms with van der Waals surface area (Å²) in [6.45, 7) is 2.38. The highest BCUT2D eigenvalue weighted by molar-refractivity contribution is 4.75. The van der Waals surface area contributed by atoms with Gasteiger partial charge in [-0.2, -0.15) is 0 Å². The summed E-state index contributed by atoms with van der Waals surface area (Å²) in [6, 6.07) is 0. The van der Waals surface area contributed by atoms with Crippen molar-refractivity contribution in [2.24, 2.45) is 17.8 Å². The summed E-state index contributed by atoms with van der Waals surface area (Å²) in [5.74, 6) is 3.26. The normalized spacial score (nSPS) is 36.2. The Morgan fingerprint density at radius 1 is 0.706 bits per heavy atom. The first-order valence-corrected chi connectivity index (χ1v) is 8.40. The summed E-state index contributed by atoms with van der Waals surface area (Å²) in [5.41, 5.74) is 0. The van der Waals surface area contributed by atoms with Crippen molar-refractivity contribution in [3.63, 3.8) is 0 Å². The van der Waals surface area contributed by atoms with E-state index in [1.54, 1.807) is 38.5 Å². The molecule has 0 N–H and O–H groups in total. The van der Waals surface area contributed by atoms with Crippen molar-refractivity contribution in [3.05, 3.63) is 0 Å². The Hall–Kier alpha value is 0. The van der Waals surface area contributed by atoms with Gasteiger partial charge in [0.05, 0.1) is 0 Å². The van der Waals surface area contributed by atoms with Crippen LogP contribution in [0, 0.1) is 17.8 Å². The van der Waals surface area contributed by atoms with E-state index in [1.807, 2.05) is 0 Å². The lowest BCUT2D eigenvalue weighted by Crippen LogP contribution is -2.16. The zero-order valence-corrected chi connectivity index (χ0v) is 11.9. The van der Waals surface area contributed by atoms with Crippen LogP contribution in [0.5, 0.6) is 0 Å². The van der Waals surface area contributed by atoms with E-state index in [4.69, 9.17) is 0 Å². The van der Waals surface area contributed by atoms with Crippen LogP contribution < -0.4 is 0 Å². The van der Waals surface area contributed by atoms with Gasteiger partial charge in [-0.1, -0.05) is 90.4 Å². The van der Waals surface area contributed by atoms with Crippen molar-refractivity contribution in [1.82, 2.24) is 0 Å². The van der Waals surface area contributed by atoms with Crippen LogP contribution in [0.2, 0.25) is 0 Å². The molecule has 0 amide bonds. The Balaban J connectivity index is 1.99. The highest BCUT2D eigenvalue weighted by Crippen LogP contribution is 2.37. The Morgan fingerprint density at radius 3 is 2.06 bits per heavy atom. The predicted molar refractivity (Wildman–Crippen MR) is 76.2 cm³/mol. The lowest BCUT2D eigenvalue weighted by Gasteiger charge is -2.28. The molecule has 3 atom stereocenters. The van der Waals surface area contributed by atoms with E-state index in [0.717, 1.165) is 17.8 Å². The third kappa shape index (κ3) is 4.30. The number of hydrogen-bond acceptors (Lipinski definition) is 0. The van der Waals surface area contributed by atoms with Crippen molar-refractivity contribution in [1.29, 1.82) is 0 Å². The molecule has 0 saturated heterocycles. The molecule has 100 valence electrons. The van der Waals surface area contributed by atoms with Crippen LogP contribution in [0.15, 0.2) is 0 Å². The maximum Gasteiger partial charge on any atom is -0.0386 e. The van der Waals surface area contributed by atoms with E-state index >= 15 is 0 Å². The van der Waals surface area contributed by atoms with Crippen LogP contribution in [0.1, 0.15) is 90.4 Å². The summed E-state index contributed by atoms with van der Waals surface area (Å²) in [7, 11) is 0. The molecule has 2 fully saturated rings. The van der Waals surface area contributed by atoms with Gasteiger partial charge in [-0.05, 0) is 17.8 Å². The van der Waals surface area contributed by atoms with Gasteiger partial charge in [0.15, 0.2) is 0 Å². The van der Waals surface area contributed by atoms with E-state index in [2.05, 4.69) is 6.92 Å². The average Bonchev–Trinajstić information content (AvgIpc) is 2.43. The molecule has 0 heteroatoms. The molecule has 0 spiro atoms. The average molecular weight is 236 g/mol. The molecule has 2 bridgehead atoms. The van der Waals surface area contributed by atoms with Crippen LogP contribution in [-0.2, 0) is 0 Å². The summed E-state index contributed by atoms with van der Waals surface area (Å²) in [6.07, 6.45) is 19.9. The van der Waals surface area contributed by atoms with Gasteiger partial charge in [-0.25, -0.2) is 0 Å². The van der Waals surface area contributed by atoms with Gasteiger partial charge in [0, 0.05) is 0 Å². The fourth-order valence-electron chi connectivity index (χ4n) is 4.38. The lowest BCUT2D eigenvalue weighted by atomic mass is 9.78. The minimum atomic E-state index is 1.08. The molecular formula is C17H32. The minimum Gasteiger partial charge on any atom is -0.0654 e. The molecule has 17 heavy (non-hydrogen) atoms. The van der Waals surface area contributed by atoms with Crippen molar-refractivity contribution >= 4 is 0 Å². The molecule has 0 nitrogen and oxygen atoms in total. The quantitative estimate of drug-likeness (QED) is 0.555. The van der Waals surface area contributed by atoms with E-state index in [0.29, 0.717) is 0 Å². The number of rotatable bonds is 2. The zero-order valence-electron chi connectivity index (χ0n) is 11.9. The van der Waals surface area contributed by atoms with E-state index < -0.39 is 0 Å². The summed E-state index contributed by atoms with van der Waals surface area (Å²) in [5, 5.41) is 0. The molecular weight excluding hydrogens is 204 g/mol. The Kier molecular flexibility index (Phi) is 5.88. The standard InChI is InChI=1S/C17H32/c1-2-8-16-12-5-3-9-15-10-4-6-13-17(16)14-7-11-15/h15-17H,2-14H2,1H3. The monoisotopic (exact) mass is 236 g/mol. The van der Waals surface area contributed by atoms with Gasteiger partial charge in [0.1, 0.15) is 0 Å².